The molecule has 0 bridgehead atoms. The van der Waals surface area contributed by atoms with E-state index in [0.717, 1.165) is 11.8 Å². The van der Waals surface area contributed by atoms with Crippen LogP contribution in [0.5, 0.6) is 0 Å². The van der Waals surface area contributed by atoms with Crippen LogP contribution >= 0.6 is 0 Å². The second-order valence-corrected chi connectivity index (χ2v) is 9.68. The average molecular weight is 527 g/mol. The van der Waals surface area contributed by atoms with Gasteiger partial charge in [0.05, 0.1) is 35.6 Å². The van der Waals surface area contributed by atoms with Crippen molar-refractivity contribution < 1.29 is 17.9 Å². The topological polar surface area (TPSA) is 77.2 Å². The first kappa shape index (κ1) is 25.8. The first-order chi connectivity index (χ1) is 18.1. The Labute approximate surface area is 217 Å². The molecule has 1 aliphatic heterocycles. The summed E-state index contributed by atoms with van der Waals surface area (Å²) < 4.78 is 50.6. The first-order valence-corrected chi connectivity index (χ1v) is 12.3. The van der Waals surface area contributed by atoms with Crippen LogP contribution in [0.2, 0.25) is 0 Å². The van der Waals surface area contributed by atoms with Crippen LogP contribution in [0.25, 0.3) is 11.0 Å². The van der Waals surface area contributed by atoms with Crippen molar-refractivity contribution in [3.8, 4) is 0 Å². The van der Waals surface area contributed by atoms with Gasteiger partial charge < -0.3 is 15.0 Å². The number of methoxy groups -OCH3 is 1. The number of ether oxygens (including phenoxy) is 1. The van der Waals surface area contributed by atoms with Crippen LogP contribution in [0.4, 0.5) is 24.5 Å². The quantitative estimate of drug-likeness (QED) is 0.377. The van der Waals surface area contributed by atoms with Gasteiger partial charge >= 0.3 is 0 Å². The largest absolute Gasteiger partial charge is 0.378 e. The lowest BCUT2D eigenvalue weighted by Crippen LogP contribution is -2.39. The summed E-state index contributed by atoms with van der Waals surface area (Å²) in [6.07, 6.45) is 2.92. The molecule has 200 valence electrons. The fraction of sp³-hybridized carbons (Fsp3) is 0.370. The normalized spacial score (nSPS) is 18.5. The Kier molecular flexibility index (Phi) is 6.64. The van der Waals surface area contributed by atoms with Gasteiger partial charge in [-0.15, -0.1) is 0 Å². The molecule has 0 aliphatic carbocycles. The zero-order chi connectivity index (χ0) is 27.2. The van der Waals surface area contributed by atoms with E-state index in [1.807, 2.05) is 13.2 Å². The number of hydrogen-bond donors (Lipinski definition) is 1. The fourth-order valence-electron chi connectivity index (χ4n) is 5.26. The molecule has 0 radical (unpaired) electrons. The molecule has 5 rings (SSSR count). The maximum atomic E-state index is 14.8. The SMILES string of the molecule is COC1(c2cc3c(N[C@H](C)c4cccc(C(F)F)c4F)ccnc3n(C)c2=O)CCN(c2cnn(C)c2)C1. The summed E-state index contributed by atoms with van der Waals surface area (Å²) in [5, 5.41) is 8.12. The van der Waals surface area contributed by atoms with Gasteiger partial charge in [-0.2, -0.15) is 5.10 Å². The zero-order valence-corrected chi connectivity index (χ0v) is 21.6. The van der Waals surface area contributed by atoms with E-state index in [0.29, 0.717) is 41.8 Å². The second-order valence-electron chi connectivity index (χ2n) is 9.68. The van der Waals surface area contributed by atoms with Crippen molar-refractivity contribution >= 4 is 22.4 Å². The summed E-state index contributed by atoms with van der Waals surface area (Å²) in [6.45, 7) is 2.83. The molecule has 0 amide bonds. The average Bonchev–Trinajstić information content (AvgIpc) is 3.53. The molecule has 2 atom stereocenters. The van der Waals surface area contributed by atoms with E-state index in [-0.39, 0.29) is 11.1 Å². The van der Waals surface area contributed by atoms with Gasteiger partial charge in [0.1, 0.15) is 17.1 Å². The van der Waals surface area contributed by atoms with E-state index in [9.17, 15) is 18.0 Å². The van der Waals surface area contributed by atoms with Crippen LogP contribution in [0.3, 0.4) is 0 Å². The standard InChI is InChI=1S/C27H29F3N6O2/c1-16(18-6-5-7-19(23(18)28)24(29)30)33-22-8-10-31-25-20(22)12-21(26(37)35(25)3)27(38-4)9-11-36(15-27)17-13-32-34(2)14-17/h5-8,10,12-14,16,24H,9,11,15H2,1-4H3,(H,31,33)/t16-,27?/m1/s1. The zero-order valence-electron chi connectivity index (χ0n) is 21.6. The molecule has 11 heteroatoms. The van der Waals surface area contributed by atoms with Crippen LogP contribution in [-0.4, -0.2) is 39.5 Å². The molecule has 1 aromatic carbocycles. The molecule has 38 heavy (non-hydrogen) atoms. The lowest BCUT2D eigenvalue weighted by atomic mass is 9.92. The van der Waals surface area contributed by atoms with Crippen molar-refractivity contribution in [2.75, 3.05) is 30.4 Å². The summed E-state index contributed by atoms with van der Waals surface area (Å²) in [6, 6.07) is 6.85. The van der Waals surface area contributed by atoms with Crippen LogP contribution in [-0.2, 0) is 24.4 Å². The second kappa shape index (κ2) is 9.79. The third-order valence-electron chi connectivity index (χ3n) is 7.41. The van der Waals surface area contributed by atoms with Crippen LogP contribution in [0, 0.1) is 5.82 Å². The Morgan fingerprint density at radius 2 is 1.95 bits per heavy atom. The molecular formula is C27H29F3N6O2. The highest BCUT2D eigenvalue weighted by Gasteiger charge is 2.43. The molecule has 1 saturated heterocycles. The summed E-state index contributed by atoms with van der Waals surface area (Å²) in [5.41, 5.74) is 0.846. The third-order valence-corrected chi connectivity index (χ3v) is 7.41. The number of alkyl halides is 2. The number of nitrogens with zero attached hydrogens (tertiary/aromatic N) is 5. The molecule has 1 aliphatic rings. The number of fused-ring (bicyclic) bond motifs is 1. The van der Waals surface area contributed by atoms with E-state index in [1.54, 1.807) is 50.3 Å². The molecule has 4 heterocycles. The summed E-state index contributed by atoms with van der Waals surface area (Å²) >= 11 is 0. The van der Waals surface area contributed by atoms with Gasteiger partial charge in [0.15, 0.2) is 0 Å². The minimum Gasteiger partial charge on any atom is -0.378 e. The highest BCUT2D eigenvalue weighted by Crippen LogP contribution is 2.38. The Morgan fingerprint density at radius 1 is 1.18 bits per heavy atom. The van der Waals surface area contributed by atoms with Crippen LogP contribution in [0.15, 0.2) is 53.7 Å². The molecular weight excluding hydrogens is 497 g/mol. The number of nitrogens with one attached hydrogen (secondary N) is 1. The van der Waals surface area contributed by atoms with Crippen molar-refractivity contribution in [1.82, 2.24) is 19.3 Å². The lowest BCUT2D eigenvalue weighted by Gasteiger charge is -2.29. The molecule has 1 unspecified atom stereocenters. The van der Waals surface area contributed by atoms with Crippen molar-refractivity contribution in [1.29, 1.82) is 0 Å². The maximum absolute atomic E-state index is 14.8. The molecule has 4 aromatic rings. The van der Waals surface area contributed by atoms with Gasteiger partial charge in [0.2, 0.25) is 0 Å². The molecule has 0 saturated carbocycles. The molecule has 0 spiro atoms. The van der Waals surface area contributed by atoms with Crippen molar-refractivity contribution in [2.45, 2.75) is 31.4 Å². The van der Waals surface area contributed by atoms with Gasteiger partial charge in [0, 0.05) is 63.2 Å². The van der Waals surface area contributed by atoms with E-state index in [4.69, 9.17) is 4.74 Å². The number of anilines is 2. The number of hydrogen-bond acceptors (Lipinski definition) is 6. The smallest absolute Gasteiger partial charge is 0.266 e. The maximum Gasteiger partial charge on any atom is 0.266 e. The Hall–Kier alpha value is -3.86. The highest BCUT2D eigenvalue weighted by molar-refractivity contribution is 5.89. The minimum atomic E-state index is -2.91. The van der Waals surface area contributed by atoms with E-state index in [2.05, 4.69) is 20.3 Å². The molecule has 1 fully saturated rings. The monoisotopic (exact) mass is 526 g/mol. The van der Waals surface area contributed by atoms with E-state index in [1.165, 1.54) is 16.7 Å². The minimum absolute atomic E-state index is 0.120. The van der Waals surface area contributed by atoms with Crippen LogP contribution < -0.4 is 15.8 Å². The number of aromatic nitrogens is 4. The van der Waals surface area contributed by atoms with Gasteiger partial charge in [-0.05, 0) is 19.1 Å². The van der Waals surface area contributed by atoms with Gasteiger partial charge in [0.25, 0.3) is 12.0 Å². The van der Waals surface area contributed by atoms with Crippen molar-refractivity contribution in [3.05, 3.63) is 81.8 Å². The summed E-state index contributed by atoms with van der Waals surface area (Å²) in [4.78, 5) is 20.1. The highest BCUT2D eigenvalue weighted by atomic mass is 19.3. The summed E-state index contributed by atoms with van der Waals surface area (Å²) in [7, 11) is 5.09. The van der Waals surface area contributed by atoms with Crippen molar-refractivity contribution in [3.63, 3.8) is 0 Å². The van der Waals surface area contributed by atoms with Gasteiger partial charge in [-0.1, -0.05) is 18.2 Å². The number of aryl methyl sites for hydroxylation is 2. The van der Waals surface area contributed by atoms with Gasteiger partial charge in [-0.3, -0.25) is 14.0 Å². The molecule has 3 aromatic heterocycles. The van der Waals surface area contributed by atoms with Crippen LogP contribution in [0.1, 0.15) is 42.5 Å². The van der Waals surface area contributed by atoms with Gasteiger partial charge in [-0.25, -0.2) is 18.2 Å². The third kappa shape index (κ3) is 4.30. The Bertz CT molecular complexity index is 1550. The van der Waals surface area contributed by atoms with Crippen molar-refractivity contribution in [2.24, 2.45) is 14.1 Å². The Morgan fingerprint density at radius 3 is 2.63 bits per heavy atom. The van der Waals surface area contributed by atoms with E-state index < -0.39 is 29.4 Å². The Balaban J connectivity index is 1.56. The summed E-state index contributed by atoms with van der Waals surface area (Å²) in [5.74, 6) is -0.936. The predicted octanol–water partition coefficient (Wildman–Crippen LogP) is 4.67. The lowest BCUT2D eigenvalue weighted by molar-refractivity contribution is 0.00349. The predicted molar refractivity (Wildman–Crippen MR) is 139 cm³/mol. The molecule has 8 nitrogen and oxygen atoms in total. The number of pyridine rings is 2. The number of rotatable bonds is 7. The number of halogens is 3. The van der Waals surface area contributed by atoms with E-state index >= 15 is 0 Å². The first-order valence-electron chi connectivity index (χ1n) is 12.3. The number of benzene rings is 1. The molecule has 1 N–H and O–H groups in total. The fourth-order valence-corrected chi connectivity index (χ4v) is 5.26.